The summed E-state index contributed by atoms with van der Waals surface area (Å²) in [4.78, 5) is 52.0. The van der Waals surface area contributed by atoms with Crippen LogP contribution >= 0.6 is 27.7 Å². The van der Waals surface area contributed by atoms with Crippen LogP contribution in [0.3, 0.4) is 0 Å². The summed E-state index contributed by atoms with van der Waals surface area (Å²) >= 11 is 4.22. The number of aromatic carboxylic acids is 1. The summed E-state index contributed by atoms with van der Waals surface area (Å²) in [7, 11) is 0. The Hall–Kier alpha value is -3.11. The number of hydrogen-bond acceptors (Lipinski definition) is 6. The second kappa shape index (κ2) is 11.1. The van der Waals surface area contributed by atoms with Gasteiger partial charge in [-0.15, -0.1) is 0 Å². The SMILES string of the molecule is O=C(O)c1ccc(COc2ccc(Br)cc2/C=C2\SC(=O)N(CC(=O)N3CCCCC3)C2=O)cc1. The maximum Gasteiger partial charge on any atom is 0.335 e. The topological polar surface area (TPSA) is 104 Å². The first-order valence-corrected chi connectivity index (χ1v) is 12.7. The Morgan fingerprint density at radius 1 is 1.06 bits per heavy atom. The van der Waals surface area contributed by atoms with Crippen molar-refractivity contribution in [2.75, 3.05) is 19.6 Å². The van der Waals surface area contributed by atoms with Gasteiger partial charge < -0.3 is 14.7 Å². The average molecular weight is 559 g/mol. The number of benzene rings is 2. The molecular weight excluding hydrogens is 536 g/mol. The lowest BCUT2D eigenvalue weighted by Gasteiger charge is -2.27. The van der Waals surface area contributed by atoms with Crippen LogP contribution in [-0.2, 0) is 16.2 Å². The van der Waals surface area contributed by atoms with Crippen LogP contribution in [0.4, 0.5) is 4.79 Å². The van der Waals surface area contributed by atoms with Gasteiger partial charge in [-0.1, -0.05) is 28.1 Å². The third-order valence-electron chi connectivity index (χ3n) is 5.73. The number of hydrogen-bond donors (Lipinski definition) is 1. The first-order valence-electron chi connectivity index (χ1n) is 11.1. The summed E-state index contributed by atoms with van der Waals surface area (Å²) < 4.78 is 6.69. The minimum atomic E-state index is -1.00. The van der Waals surface area contributed by atoms with Crippen molar-refractivity contribution in [3.8, 4) is 5.75 Å². The van der Waals surface area contributed by atoms with Crippen LogP contribution in [0.2, 0.25) is 0 Å². The lowest BCUT2D eigenvalue weighted by molar-refractivity contribution is -0.136. The van der Waals surface area contributed by atoms with Crippen LogP contribution < -0.4 is 4.74 Å². The molecule has 2 aromatic carbocycles. The largest absolute Gasteiger partial charge is 0.488 e. The van der Waals surface area contributed by atoms with Crippen LogP contribution in [0.5, 0.6) is 5.75 Å². The number of carboxylic acids is 1. The number of ether oxygens (including phenoxy) is 1. The van der Waals surface area contributed by atoms with Gasteiger partial charge in [0.05, 0.1) is 10.5 Å². The van der Waals surface area contributed by atoms with Gasteiger partial charge in [0, 0.05) is 23.1 Å². The van der Waals surface area contributed by atoms with Crippen molar-refractivity contribution in [2.45, 2.75) is 25.9 Å². The van der Waals surface area contributed by atoms with Gasteiger partial charge in [-0.3, -0.25) is 19.3 Å². The van der Waals surface area contributed by atoms with Crippen LogP contribution in [0.25, 0.3) is 6.08 Å². The Morgan fingerprint density at radius 2 is 1.77 bits per heavy atom. The highest BCUT2D eigenvalue weighted by atomic mass is 79.9. The van der Waals surface area contributed by atoms with Crippen molar-refractivity contribution < 1.29 is 29.0 Å². The molecule has 0 saturated carbocycles. The molecule has 10 heteroatoms. The number of nitrogens with zero attached hydrogens (tertiary/aromatic N) is 2. The number of carboxylic acid groups (broad SMARTS) is 1. The molecular formula is C25H23BrN2O6S. The number of carbonyl (C=O) groups is 4. The highest BCUT2D eigenvalue weighted by Crippen LogP contribution is 2.35. The molecule has 0 unspecified atom stereocenters. The molecule has 0 aliphatic carbocycles. The average Bonchev–Trinajstić information content (AvgIpc) is 3.11. The fourth-order valence-electron chi connectivity index (χ4n) is 3.82. The minimum absolute atomic E-state index is 0.188. The molecule has 0 spiro atoms. The number of piperidine rings is 1. The number of imide groups is 1. The van der Waals surface area contributed by atoms with Gasteiger partial charge in [0.15, 0.2) is 0 Å². The van der Waals surface area contributed by atoms with Crippen LogP contribution in [0, 0.1) is 0 Å². The monoisotopic (exact) mass is 558 g/mol. The fraction of sp³-hybridized carbons (Fsp3) is 0.280. The second-order valence-corrected chi connectivity index (χ2v) is 10.1. The first kappa shape index (κ1) is 25.0. The molecule has 2 heterocycles. The molecule has 0 aromatic heterocycles. The summed E-state index contributed by atoms with van der Waals surface area (Å²) in [6.07, 6.45) is 4.54. The van der Waals surface area contributed by atoms with E-state index in [0.29, 0.717) is 24.4 Å². The normalized spacial score (nSPS) is 17.2. The molecule has 2 aliphatic heterocycles. The quantitative estimate of drug-likeness (QED) is 0.488. The van der Waals surface area contributed by atoms with E-state index in [-0.39, 0.29) is 29.5 Å². The van der Waals surface area contributed by atoms with Crippen molar-refractivity contribution >= 4 is 56.8 Å². The Morgan fingerprint density at radius 3 is 2.46 bits per heavy atom. The van der Waals surface area contributed by atoms with Crippen molar-refractivity contribution in [2.24, 2.45) is 0 Å². The predicted octanol–water partition coefficient (Wildman–Crippen LogP) is 4.78. The Bertz CT molecular complexity index is 1190. The molecule has 1 N–H and O–H groups in total. The molecule has 2 aromatic rings. The summed E-state index contributed by atoms with van der Waals surface area (Å²) in [5.74, 6) is -1.22. The molecule has 182 valence electrons. The molecule has 4 rings (SSSR count). The molecule has 0 atom stereocenters. The van der Waals surface area contributed by atoms with E-state index >= 15 is 0 Å². The van der Waals surface area contributed by atoms with Gasteiger partial charge >= 0.3 is 5.97 Å². The highest BCUT2D eigenvalue weighted by Gasteiger charge is 2.37. The summed E-state index contributed by atoms with van der Waals surface area (Å²) in [5.41, 5.74) is 1.56. The number of thioether (sulfide) groups is 1. The van der Waals surface area contributed by atoms with E-state index in [2.05, 4.69) is 15.9 Å². The van der Waals surface area contributed by atoms with Gasteiger partial charge in [-0.05, 0) is 73.0 Å². The van der Waals surface area contributed by atoms with Crippen molar-refractivity contribution in [1.29, 1.82) is 0 Å². The van der Waals surface area contributed by atoms with E-state index < -0.39 is 17.1 Å². The fourth-order valence-corrected chi connectivity index (χ4v) is 5.03. The summed E-state index contributed by atoms with van der Waals surface area (Å²) in [6, 6.07) is 11.7. The van der Waals surface area contributed by atoms with Crippen LogP contribution in [-0.4, -0.2) is 57.6 Å². The molecule has 2 fully saturated rings. The molecule has 2 aliphatic rings. The smallest absolute Gasteiger partial charge is 0.335 e. The Labute approximate surface area is 215 Å². The van der Waals surface area contributed by atoms with Gasteiger partial charge in [0.25, 0.3) is 11.1 Å². The van der Waals surface area contributed by atoms with Gasteiger partial charge in [0.2, 0.25) is 5.91 Å². The standard InChI is InChI=1S/C25H23BrN2O6S/c26-19-8-9-20(34-15-16-4-6-17(7-5-16)24(31)32)18(12-19)13-21-23(30)28(25(33)35-21)14-22(29)27-10-2-1-3-11-27/h4-9,12-13H,1-3,10-11,14-15H2,(H,31,32)/b21-13-. The number of likely N-dealkylation sites (tertiary alicyclic amines) is 1. The number of halogens is 1. The molecule has 35 heavy (non-hydrogen) atoms. The third-order valence-corrected chi connectivity index (χ3v) is 7.13. The van der Waals surface area contributed by atoms with Crippen molar-refractivity contribution in [3.05, 3.63) is 68.5 Å². The first-order chi connectivity index (χ1) is 16.8. The highest BCUT2D eigenvalue weighted by molar-refractivity contribution is 9.10. The van der Waals surface area contributed by atoms with Crippen molar-refractivity contribution in [1.82, 2.24) is 9.80 Å². The number of amides is 3. The molecule has 0 radical (unpaired) electrons. The Kier molecular flexibility index (Phi) is 7.92. The van der Waals surface area contributed by atoms with Gasteiger partial charge in [-0.2, -0.15) is 0 Å². The molecule has 0 bridgehead atoms. The molecule has 8 nitrogen and oxygen atoms in total. The van der Waals surface area contributed by atoms with E-state index in [4.69, 9.17) is 9.84 Å². The van der Waals surface area contributed by atoms with Gasteiger partial charge in [0.1, 0.15) is 18.9 Å². The lowest BCUT2D eigenvalue weighted by Crippen LogP contribution is -2.44. The third kappa shape index (κ3) is 6.12. The van der Waals surface area contributed by atoms with E-state index in [1.165, 1.54) is 12.1 Å². The zero-order valence-electron chi connectivity index (χ0n) is 18.7. The Balaban J connectivity index is 1.48. The zero-order chi connectivity index (χ0) is 24.9. The van der Waals surface area contributed by atoms with E-state index in [1.807, 2.05) is 0 Å². The maximum atomic E-state index is 12.9. The zero-order valence-corrected chi connectivity index (χ0v) is 21.1. The molecule has 2 saturated heterocycles. The number of rotatable bonds is 7. The van der Waals surface area contributed by atoms with E-state index in [9.17, 15) is 19.2 Å². The van der Waals surface area contributed by atoms with Crippen LogP contribution in [0.1, 0.15) is 40.7 Å². The van der Waals surface area contributed by atoms with Gasteiger partial charge in [-0.25, -0.2) is 4.79 Å². The lowest BCUT2D eigenvalue weighted by atomic mass is 10.1. The summed E-state index contributed by atoms with van der Waals surface area (Å²) in [6.45, 7) is 1.25. The van der Waals surface area contributed by atoms with Crippen LogP contribution in [0.15, 0.2) is 51.8 Å². The predicted molar refractivity (Wildman–Crippen MR) is 135 cm³/mol. The number of carbonyl (C=O) groups excluding carboxylic acids is 3. The van der Waals surface area contributed by atoms with E-state index in [0.717, 1.165) is 46.0 Å². The second-order valence-electron chi connectivity index (χ2n) is 8.18. The summed E-state index contributed by atoms with van der Waals surface area (Å²) in [5, 5.41) is 8.57. The minimum Gasteiger partial charge on any atom is -0.488 e. The molecule has 3 amide bonds. The van der Waals surface area contributed by atoms with E-state index in [1.54, 1.807) is 41.3 Å². The van der Waals surface area contributed by atoms with Crippen molar-refractivity contribution in [3.63, 3.8) is 0 Å². The maximum absolute atomic E-state index is 12.9.